The Morgan fingerprint density at radius 3 is 2.59 bits per heavy atom. The molecule has 2 heterocycles. The van der Waals surface area contributed by atoms with E-state index in [0.717, 1.165) is 0 Å². The summed E-state index contributed by atoms with van der Waals surface area (Å²) in [6.07, 6.45) is 1.58. The molecule has 0 unspecified atom stereocenters. The van der Waals surface area contributed by atoms with E-state index in [1.54, 1.807) is 60.2 Å². The second kappa shape index (κ2) is 9.48. The van der Waals surface area contributed by atoms with Gasteiger partial charge in [0.25, 0.3) is 5.91 Å². The average Bonchev–Trinajstić information content (AvgIpc) is 3.20. The van der Waals surface area contributed by atoms with Gasteiger partial charge < -0.3 is 15.4 Å². The summed E-state index contributed by atoms with van der Waals surface area (Å²) in [6, 6.07) is 15.9. The molecular formula is C22H18FN5O3S. The van der Waals surface area contributed by atoms with E-state index in [-0.39, 0.29) is 11.7 Å². The van der Waals surface area contributed by atoms with Crippen LogP contribution in [0.2, 0.25) is 0 Å². The molecule has 0 fully saturated rings. The molecule has 162 valence electrons. The van der Waals surface area contributed by atoms with Crippen molar-refractivity contribution in [2.45, 2.75) is 5.16 Å². The Balaban J connectivity index is 1.44. The largest absolute Gasteiger partial charge is 0.497 e. The van der Waals surface area contributed by atoms with Gasteiger partial charge in [-0.1, -0.05) is 23.9 Å². The third-order valence-electron chi connectivity index (χ3n) is 4.40. The van der Waals surface area contributed by atoms with Gasteiger partial charge in [-0.2, -0.15) is 0 Å². The Morgan fingerprint density at radius 1 is 1.03 bits per heavy atom. The highest BCUT2D eigenvalue weighted by molar-refractivity contribution is 7.99. The number of carbonyl (C=O) groups excluding carboxylic acids is 2. The number of hydrogen-bond acceptors (Lipinski definition) is 6. The molecule has 10 heteroatoms. The third kappa shape index (κ3) is 5.03. The summed E-state index contributed by atoms with van der Waals surface area (Å²) in [5.41, 5.74) is 1.84. The summed E-state index contributed by atoms with van der Waals surface area (Å²) in [5.74, 6) is -0.332. The van der Waals surface area contributed by atoms with Crippen LogP contribution in [-0.2, 0) is 4.79 Å². The number of methoxy groups -OCH3 is 1. The van der Waals surface area contributed by atoms with Crippen LogP contribution in [0.15, 0.2) is 72.0 Å². The van der Waals surface area contributed by atoms with Gasteiger partial charge in [0.05, 0.1) is 18.4 Å². The Kier molecular flexibility index (Phi) is 6.31. The van der Waals surface area contributed by atoms with Crippen molar-refractivity contribution in [3.05, 3.63) is 78.2 Å². The van der Waals surface area contributed by atoms with Crippen LogP contribution >= 0.6 is 11.8 Å². The molecule has 0 aliphatic carbocycles. The number of halogens is 1. The second-order valence-corrected chi connectivity index (χ2v) is 7.60. The van der Waals surface area contributed by atoms with Gasteiger partial charge in [0.1, 0.15) is 11.6 Å². The quantitative estimate of drug-likeness (QED) is 0.414. The smallest absolute Gasteiger partial charge is 0.257 e. The van der Waals surface area contributed by atoms with Crippen molar-refractivity contribution < 1.29 is 18.7 Å². The number of pyridine rings is 1. The number of carbonyl (C=O) groups is 2. The normalized spacial score (nSPS) is 10.7. The van der Waals surface area contributed by atoms with E-state index in [9.17, 15) is 14.0 Å². The fraction of sp³-hybridized carbons (Fsp3) is 0.0909. The Labute approximate surface area is 186 Å². The Hall–Kier alpha value is -3.92. The topological polar surface area (TPSA) is 97.6 Å². The summed E-state index contributed by atoms with van der Waals surface area (Å²) in [6.45, 7) is 0. The first-order valence-corrected chi connectivity index (χ1v) is 10.5. The van der Waals surface area contributed by atoms with Crippen LogP contribution in [0.25, 0.3) is 5.65 Å². The number of rotatable bonds is 7. The number of anilines is 2. The molecule has 4 rings (SSSR count). The fourth-order valence-electron chi connectivity index (χ4n) is 2.90. The molecule has 0 aliphatic rings. The zero-order valence-electron chi connectivity index (χ0n) is 16.9. The standard InChI is InChI=1S/C22H18FN5O3S/c1-31-18-7-3-6-17(11-18)24-20(29)13-32-22-27-26-19-9-8-14(12-28(19)22)21(30)25-16-5-2-4-15(23)10-16/h2-12H,13H2,1H3,(H,24,29)(H,25,30). The minimum absolute atomic E-state index is 0.0950. The van der Waals surface area contributed by atoms with Crippen molar-refractivity contribution in [3.63, 3.8) is 0 Å². The van der Waals surface area contributed by atoms with Crippen molar-refractivity contribution in [2.24, 2.45) is 0 Å². The zero-order valence-corrected chi connectivity index (χ0v) is 17.7. The van der Waals surface area contributed by atoms with Crippen LogP contribution in [0.4, 0.5) is 15.8 Å². The van der Waals surface area contributed by atoms with Crippen LogP contribution in [-0.4, -0.2) is 39.3 Å². The number of thioether (sulfide) groups is 1. The van der Waals surface area contributed by atoms with E-state index in [1.165, 1.54) is 30.0 Å². The molecule has 0 saturated heterocycles. The molecule has 2 amide bonds. The summed E-state index contributed by atoms with van der Waals surface area (Å²) >= 11 is 1.19. The summed E-state index contributed by atoms with van der Waals surface area (Å²) < 4.78 is 20.1. The first-order valence-electron chi connectivity index (χ1n) is 9.50. The molecule has 8 nitrogen and oxygen atoms in total. The minimum Gasteiger partial charge on any atom is -0.497 e. The van der Waals surface area contributed by atoms with Gasteiger partial charge in [-0.15, -0.1) is 10.2 Å². The van der Waals surface area contributed by atoms with Crippen LogP contribution < -0.4 is 15.4 Å². The minimum atomic E-state index is -0.442. The number of benzene rings is 2. The maximum atomic E-state index is 13.4. The monoisotopic (exact) mass is 451 g/mol. The average molecular weight is 451 g/mol. The highest BCUT2D eigenvalue weighted by Gasteiger charge is 2.13. The van der Waals surface area contributed by atoms with Gasteiger partial charge in [0, 0.05) is 23.6 Å². The number of nitrogens with one attached hydrogen (secondary N) is 2. The molecule has 0 radical (unpaired) electrons. The van der Waals surface area contributed by atoms with E-state index in [0.29, 0.717) is 33.5 Å². The Bertz CT molecular complexity index is 1290. The Morgan fingerprint density at radius 2 is 1.81 bits per heavy atom. The van der Waals surface area contributed by atoms with E-state index in [4.69, 9.17) is 4.74 Å². The van der Waals surface area contributed by atoms with E-state index < -0.39 is 11.7 Å². The van der Waals surface area contributed by atoms with Crippen LogP contribution in [0.3, 0.4) is 0 Å². The fourth-order valence-corrected chi connectivity index (χ4v) is 3.62. The predicted molar refractivity (Wildman–Crippen MR) is 120 cm³/mol. The molecule has 2 N–H and O–H groups in total. The molecule has 32 heavy (non-hydrogen) atoms. The summed E-state index contributed by atoms with van der Waals surface area (Å²) in [7, 11) is 1.56. The lowest BCUT2D eigenvalue weighted by atomic mass is 10.2. The number of amides is 2. The molecule has 0 saturated carbocycles. The van der Waals surface area contributed by atoms with E-state index >= 15 is 0 Å². The molecule has 2 aromatic carbocycles. The molecule has 0 aliphatic heterocycles. The highest BCUT2D eigenvalue weighted by atomic mass is 32.2. The highest BCUT2D eigenvalue weighted by Crippen LogP contribution is 2.20. The maximum absolute atomic E-state index is 13.4. The van der Waals surface area contributed by atoms with Gasteiger partial charge in [-0.25, -0.2) is 4.39 Å². The van der Waals surface area contributed by atoms with E-state index in [1.807, 2.05) is 0 Å². The zero-order chi connectivity index (χ0) is 22.5. The van der Waals surface area contributed by atoms with Crippen LogP contribution in [0.1, 0.15) is 10.4 Å². The molecule has 0 bridgehead atoms. The van der Waals surface area contributed by atoms with Crippen molar-refractivity contribution >= 4 is 40.6 Å². The van der Waals surface area contributed by atoms with Gasteiger partial charge in [0.15, 0.2) is 10.8 Å². The van der Waals surface area contributed by atoms with Crippen molar-refractivity contribution in [3.8, 4) is 5.75 Å². The second-order valence-electron chi connectivity index (χ2n) is 6.66. The molecule has 0 atom stereocenters. The SMILES string of the molecule is COc1cccc(NC(=O)CSc2nnc3ccc(C(=O)Nc4cccc(F)c4)cn23)c1. The number of fused-ring (bicyclic) bond motifs is 1. The van der Waals surface area contributed by atoms with Crippen molar-refractivity contribution in [1.82, 2.24) is 14.6 Å². The first-order chi connectivity index (χ1) is 15.5. The van der Waals surface area contributed by atoms with Crippen LogP contribution in [0.5, 0.6) is 5.75 Å². The third-order valence-corrected chi connectivity index (χ3v) is 5.34. The predicted octanol–water partition coefficient (Wildman–Crippen LogP) is 3.86. The number of aromatic nitrogens is 3. The lowest BCUT2D eigenvalue weighted by molar-refractivity contribution is -0.113. The van der Waals surface area contributed by atoms with E-state index in [2.05, 4.69) is 20.8 Å². The van der Waals surface area contributed by atoms with Gasteiger partial charge in [-0.05, 0) is 42.5 Å². The lowest BCUT2D eigenvalue weighted by Crippen LogP contribution is -2.14. The molecule has 4 aromatic rings. The van der Waals surface area contributed by atoms with Gasteiger partial charge in [-0.3, -0.25) is 14.0 Å². The first kappa shape index (κ1) is 21.3. The number of nitrogens with zero attached hydrogens (tertiary/aromatic N) is 3. The number of ether oxygens (including phenoxy) is 1. The molecule has 2 aromatic heterocycles. The van der Waals surface area contributed by atoms with Crippen LogP contribution in [0, 0.1) is 5.82 Å². The molecular weight excluding hydrogens is 433 g/mol. The van der Waals surface area contributed by atoms with Gasteiger partial charge in [0.2, 0.25) is 5.91 Å². The van der Waals surface area contributed by atoms with Crippen molar-refractivity contribution in [1.29, 1.82) is 0 Å². The lowest BCUT2D eigenvalue weighted by Gasteiger charge is -2.07. The maximum Gasteiger partial charge on any atom is 0.257 e. The number of hydrogen-bond donors (Lipinski definition) is 2. The molecule has 0 spiro atoms. The van der Waals surface area contributed by atoms with Crippen molar-refractivity contribution in [2.75, 3.05) is 23.5 Å². The summed E-state index contributed by atoms with van der Waals surface area (Å²) in [5, 5.41) is 14.1. The summed E-state index contributed by atoms with van der Waals surface area (Å²) in [4.78, 5) is 24.9. The van der Waals surface area contributed by atoms with Gasteiger partial charge >= 0.3 is 0 Å².